The molecule has 4 heterocycles. The van der Waals surface area contributed by atoms with Crippen LogP contribution in [-0.2, 0) is 15.4 Å². The number of rotatable bonds is 4. The van der Waals surface area contributed by atoms with Gasteiger partial charge < -0.3 is 11.1 Å². The number of hydrogen-bond acceptors (Lipinski definition) is 8. The standard InChI is InChI=1S/C22H22BrFN6O2S/c1-21(11-33(31,32)22(2,13-3-4-13)20(25)30-21)15-8-17(27-10-16(15)24)29-19-18-12(5-6-26-19)7-14(23)9-28-18/h5-10,13H,3-4,11H2,1-2H3,(H2,25,30)(H,26,27,29)/t21-,22-/m0/s1. The van der Waals surface area contributed by atoms with Gasteiger partial charge in [-0.1, -0.05) is 0 Å². The van der Waals surface area contributed by atoms with E-state index in [1.165, 1.54) is 6.07 Å². The lowest BCUT2D eigenvalue weighted by molar-refractivity contribution is 0.462. The first-order valence-electron chi connectivity index (χ1n) is 10.4. The van der Waals surface area contributed by atoms with Crippen LogP contribution in [0.4, 0.5) is 16.0 Å². The zero-order chi connectivity index (χ0) is 23.6. The van der Waals surface area contributed by atoms with E-state index in [0.29, 0.717) is 17.2 Å². The molecule has 0 radical (unpaired) electrons. The molecule has 0 aromatic carbocycles. The molecule has 5 rings (SSSR count). The Kier molecular flexibility index (Phi) is 4.98. The molecule has 0 spiro atoms. The van der Waals surface area contributed by atoms with E-state index in [2.05, 4.69) is 41.2 Å². The number of anilines is 2. The molecule has 8 nitrogen and oxygen atoms in total. The summed E-state index contributed by atoms with van der Waals surface area (Å²) in [4.78, 5) is 17.4. The van der Waals surface area contributed by atoms with Crippen molar-refractivity contribution in [2.45, 2.75) is 37.0 Å². The van der Waals surface area contributed by atoms with Crippen LogP contribution in [0.2, 0.25) is 0 Å². The number of pyridine rings is 3. The smallest absolute Gasteiger partial charge is 0.165 e. The molecule has 0 unspecified atom stereocenters. The van der Waals surface area contributed by atoms with Crippen LogP contribution in [0.25, 0.3) is 10.9 Å². The maximum Gasteiger partial charge on any atom is 0.165 e. The van der Waals surface area contributed by atoms with E-state index in [9.17, 15) is 12.8 Å². The average molecular weight is 533 g/mol. The van der Waals surface area contributed by atoms with Crippen LogP contribution in [-0.4, -0.2) is 39.7 Å². The molecule has 0 amide bonds. The zero-order valence-corrected chi connectivity index (χ0v) is 20.4. The van der Waals surface area contributed by atoms with Crippen molar-refractivity contribution in [3.63, 3.8) is 0 Å². The highest BCUT2D eigenvalue weighted by atomic mass is 79.9. The molecule has 3 aromatic heterocycles. The van der Waals surface area contributed by atoms with E-state index in [-0.39, 0.29) is 23.1 Å². The Morgan fingerprint density at radius 1 is 1.18 bits per heavy atom. The van der Waals surface area contributed by atoms with E-state index < -0.39 is 25.9 Å². The van der Waals surface area contributed by atoms with Crippen LogP contribution in [0.15, 0.2) is 46.3 Å². The lowest BCUT2D eigenvalue weighted by Gasteiger charge is -2.40. The first-order valence-corrected chi connectivity index (χ1v) is 12.9. The van der Waals surface area contributed by atoms with Gasteiger partial charge in [-0.05, 0) is 66.7 Å². The number of nitrogens with two attached hydrogens (primary N) is 1. The fourth-order valence-corrected chi connectivity index (χ4v) is 7.21. The van der Waals surface area contributed by atoms with Crippen molar-refractivity contribution >= 4 is 54.1 Å². The number of nitrogens with one attached hydrogen (secondary N) is 1. The number of halogens is 2. The Labute approximate surface area is 199 Å². The van der Waals surface area contributed by atoms with Gasteiger partial charge in [0.05, 0.1) is 11.9 Å². The van der Waals surface area contributed by atoms with Crippen molar-refractivity contribution in [3.8, 4) is 0 Å². The van der Waals surface area contributed by atoms with E-state index in [1.54, 1.807) is 26.2 Å². The van der Waals surface area contributed by atoms with Crippen molar-refractivity contribution < 1.29 is 12.8 Å². The number of fused-ring (bicyclic) bond motifs is 1. The zero-order valence-electron chi connectivity index (χ0n) is 18.0. The maximum atomic E-state index is 14.9. The highest BCUT2D eigenvalue weighted by Crippen LogP contribution is 2.49. The molecule has 1 aliphatic heterocycles. The monoisotopic (exact) mass is 532 g/mol. The summed E-state index contributed by atoms with van der Waals surface area (Å²) in [6.45, 7) is 3.22. The Balaban J connectivity index is 1.56. The molecule has 2 atom stereocenters. The van der Waals surface area contributed by atoms with Gasteiger partial charge in [-0.3, -0.25) is 9.98 Å². The van der Waals surface area contributed by atoms with Crippen molar-refractivity contribution in [2.24, 2.45) is 16.6 Å². The van der Waals surface area contributed by atoms with Gasteiger partial charge in [0.15, 0.2) is 15.7 Å². The van der Waals surface area contributed by atoms with Crippen LogP contribution in [0.3, 0.4) is 0 Å². The Morgan fingerprint density at radius 2 is 1.94 bits per heavy atom. The van der Waals surface area contributed by atoms with E-state index >= 15 is 0 Å². The molecule has 172 valence electrons. The molecular weight excluding hydrogens is 511 g/mol. The summed E-state index contributed by atoms with van der Waals surface area (Å²) >= 11 is 3.40. The van der Waals surface area contributed by atoms with Gasteiger partial charge in [0.1, 0.15) is 33.3 Å². The summed E-state index contributed by atoms with van der Waals surface area (Å²) < 4.78 is 41.2. The SMILES string of the molecule is C[C@@]1(c2cc(Nc3nccc4cc(Br)cnc34)ncc2F)CS(=O)(=O)[C@@](C)(C2CC2)C(N)=N1. The highest BCUT2D eigenvalue weighted by molar-refractivity contribution is 9.10. The van der Waals surface area contributed by atoms with Crippen LogP contribution < -0.4 is 11.1 Å². The third-order valence-corrected chi connectivity index (χ3v) is 9.81. The molecule has 11 heteroatoms. The Morgan fingerprint density at radius 3 is 2.64 bits per heavy atom. The van der Waals surface area contributed by atoms with Crippen LogP contribution in [0.5, 0.6) is 0 Å². The quantitative estimate of drug-likeness (QED) is 0.523. The van der Waals surface area contributed by atoms with Gasteiger partial charge in [0, 0.05) is 27.8 Å². The molecule has 3 N–H and O–H groups in total. The lowest BCUT2D eigenvalue weighted by Crippen LogP contribution is -2.58. The van der Waals surface area contributed by atoms with E-state index in [0.717, 1.165) is 28.9 Å². The van der Waals surface area contributed by atoms with Crippen molar-refractivity contribution in [1.82, 2.24) is 15.0 Å². The molecule has 1 fully saturated rings. The number of nitrogens with zero attached hydrogens (tertiary/aromatic N) is 4. The minimum atomic E-state index is -3.68. The fourth-order valence-electron chi connectivity index (χ4n) is 4.49. The van der Waals surface area contributed by atoms with Gasteiger partial charge in [0.2, 0.25) is 0 Å². The molecule has 1 saturated carbocycles. The summed E-state index contributed by atoms with van der Waals surface area (Å²) in [5.74, 6) is -0.265. The number of aromatic nitrogens is 3. The molecule has 1 aliphatic carbocycles. The topological polar surface area (TPSA) is 123 Å². The van der Waals surface area contributed by atoms with Gasteiger partial charge in [-0.15, -0.1) is 0 Å². The molecule has 33 heavy (non-hydrogen) atoms. The average Bonchev–Trinajstić information content (AvgIpc) is 3.58. The Hall–Kier alpha value is -2.66. The first-order chi connectivity index (χ1) is 15.5. The van der Waals surface area contributed by atoms with Crippen LogP contribution in [0, 0.1) is 11.7 Å². The van der Waals surface area contributed by atoms with E-state index in [4.69, 9.17) is 5.73 Å². The van der Waals surface area contributed by atoms with Gasteiger partial charge in [-0.2, -0.15) is 0 Å². The predicted octanol–water partition coefficient (Wildman–Crippen LogP) is 3.84. The number of hydrogen-bond donors (Lipinski definition) is 2. The maximum absolute atomic E-state index is 14.9. The molecule has 0 bridgehead atoms. The molecule has 2 aliphatic rings. The normalized spacial score (nSPS) is 26.7. The summed E-state index contributed by atoms with van der Waals surface area (Å²) in [6, 6.07) is 5.19. The predicted molar refractivity (Wildman–Crippen MR) is 129 cm³/mol. The second-order valence-electron chi connectivity index (χ2n) is 8.97. The lowest BCUT2D eigenvalue weighted by atomic mass is 9.93. The number of aliphatic imine (C=N–C) groups is 1. The second-order valence-corrected chi connectivity index (χ2v) is 12.3. The summed E-state index contributed by atoms with van der Waals surface area (Å²) in [5.41, 5.74) is 5.56. The van der Waals surface area contributed by atoms with Crippen LogP contribution in [0.1, 0.15) is 32.3 Å². The molecule has 0 saturated heterocycles. The minimum absolute atomic E-state index is 0.0370. The van der Waals surface area contributed by atoms with Crippen molar-refractivity contribution in [3.05, 3.63) is 52.6 Å². The van der Waals surface area contributed by atoms with Crippen molar-refractivity contribution in [1.29, 1.82) is 0 Å². The highest BCUT2D eigenvalue weighted by Gasteiger charge is 2.59. The van der Waals surface area contributed by atoms with Gasteiger partial charge in [-0.25, -0.2) is 22.8 Å². The van der Waals surface area contributed by atoms with E-state index in [1.807, 2.05) is 12.1 Å². The molecule has 3 aromatic rings. The van der Waals surface area contributed by atoms with Gasteiger partial charge in [0.25, 0.3) is 0 Å². The largest absolute Gasteiger partial charge is 0.386 e. The first kappa shape index (κ1) is 22.1. The minimum Gasteiger partial charge on any atom is -0.386 e. The summed E-state index contributed by atoms with van der Waals surface area (Å²) in [7, 11) is -3.68. The third kappa shape index (κ3) is 3.57. The van der Waals surface area contributed by atoms with Gasteiger partial charge >= 0.3 is 0 Å². The Bertz CT molecular complexity index is 1430. The molecular formula is C22H22BrFN6O2S. The summed E-state index contributed by atoms with van der Waals surface area (Å²) in [6.07, 6.45) is 5.92. The summed E-state index contributed by atoms with van der Waals surface area (Å²) in [5, 5.41) is 3.92. The van der Waals surface area contributed by atoms with Crippen LogP contribution >= 0.6 is 15.9 Å². The fraction of sp³-hybridized carbons (Fsp3) is 0.364. The second kappa shape index (κ2) is 7.42. The number of sulfone groups is 1. The van der Waals surface area contributed by atoms with Crippen molar-refractivity contribution in [2.75, 3.05) is 11.1 Å². The third-order valence-electron chi connectivity index (χ3n) is 6.60. The number of amidine groups is 1.